The molecule has 134 valence electrons. The van der Waals surface area contributed by atoms with Gasteiger partial charge in [-0.05, 0) is 12.5 Å². The van der Waals surface area contributed by atoms with Crippen LogP contribution in [0.3, 0.4) is 0 Å². The van der Waals surface area contributed by atoms with E-state index in [1.807, 2.05) is 42.1 Å². The largest absolute Gasteiger partial charge is 0.463 e. The number of nitrogens with one attached hydrogen (secondary N) is 2. The summed E-state index contributed by atoms with van der Waals surface area (Å²) >= 11 is 1.92. The molecule has 3 rings (SSSR count). The van der Waals surface area contributed by atoms with Gasteiger partial charge in [-0.3, -0.25) is 4.90 Å². The molecule has 0 aromatic heterocycles. The number of ether oxygens (including phenoxy) is 1. The topological polar surface area (TPSA) is 70.7 Å². The van der Waals surface area contributed by atoms with Crippen molar-refractivity contribution in [3.63, 3.8) is 0 Å². The van der Waals surface area contributed by atoms with E-state index in [0.717, 1.165) is 30.2 Å². The van der Waals surface area contributed by atoms with E-state index in [1.165, 1.54) is 0 Å². The van der Waals surface area contributed by atoms with Gasteiger partial charge in [-0.1, -0.05) is 30.3 Å². The number of hydrogen-bond acceptors (Lipinski definition) is 5. The predicted molar refractivity (Wildman–Crippen MR) is 98.3 cm³/mol. The number of nitrogens with zero attached hydrogens (tertiary/aromatic N) is 1. The van der Waals surface area contributed by atoms with Crippen LogP contribution in [0, 0.1) is 0 Å². The second-order valence-electron chi connectivity index (χ2n) is 5.94. The molecular weight excluding hydrogens is 338 g/mol. The lowest BCUT2D eigenvalue weighted by Gasteiger charge is -2.33. The van der Waals surface area contributed by atoms with Crippen LogP contribution in [0.15, 0.2) is 41.6 Å². The Kier molecular flexibility index (Phi) is 5.99. The molecule has 1 unspecified atom stereocenters. The van der Waals surface area contributed by atoms with Gasteiger partial charge in [-0.25, -0.2) is 9.59 Å². The van der Waals surface area contributed by atoms with Crippen molar-refractivity contribution in [1.82, 2.24) is 15.5 Å². The van der Waals surface area contributed by atoms with Crippen LogP contribution in [0.25, 0.3) is 0 Å². The summed E-state index contributed by atoms with van der Waals surface area (Å²) < 4.78 is 5.28. The number of amides is 2. The van der Waals surface area contributed by atoms with Crippen LogP contribution in [0.2, 0.25) is 0 Å². The Morgan fingerprint density at radius 3 is 2.68 bits per heavy atom. The molecule has 2 amide bonds. The molecule has 0 saturated carbocycles. The van der Waals surface area contributed by atoms with Gasteiger partial charge in [0.2, 0.25) is 0 Å². The van der Waals surface area contributed by atoms with Gasteiger partial charge in [0.25, 0.3) is 0 Å². The molecule has 2 aliphatic rings. The maximum Gasteiger partial charge on any atom is 0.338 e. The van der Waals surface area contributed by atoms with Gasteiger partial charge in [0, 0.05) is 36.8 Å². The zero-order valence-electron chi connectivity index (χ0n) is 14.3. The second kappa shape index (κ2) is 8.40. The summed E-state index contributed by atoms with van der Waals surface area (Å²) in [5, 5.41) is 5.69. The summed E-state index contributed by atoms with van der Waals surface area (Å²) in [6.45, 7) is 4.52. The molecule has 6 nitrogen and oxygen atoms in total. The van der Waals surface area contributed by atoms with Crippen molar-refractivity contribution in [2.24, 2.45) is 0 Å². The van der Waals surface area contributed by atoms with E-state index < -0.39 is 6.04 Å². The number of carbonyl (C=O) groups is 2. The lowest BCUT2D eigenvalue weighted by Crippen LogP contribution is -2.49. The molecule has 2 heterocycles. The molecule has 0 spiro atoms. The van der Waals surface area contributed by atoms with Crippen molar-refractivity contribution in [1.29, 1.82) is 0 Å². The molecule has 25 heavy (non-hydrogen) atoms. The quantitative estimate of drug-likeness (QED) is 0.784. The molecule has 2 N–H and O–H groups in total. The van der Waals surface area contributed by atoms with Crippen LogP contribution < -0.4 is 10.6 Å². The third kappa shape index (κ3) is 4.35. The zero-order valence-corrected chi connectivity index (χ0v) is 15.1. The molecule has 0 aliphatic carbocycles. The Bertz CT molecular complexity index is 657. The van der Waals surface area contributed by atoms with Gasteiger partial charge in [0.05, 0.1) is 18.2 Å². The summed E-state index contributed by atoms with van der Waals surface area (Å²) in [6, 6.07) is 8.73. The predicted octanol–water partition coefficient (Wildman–Crippen LogP) is 1.91. The minimum atomic E-state index is -0.497. The minimum absolute atomic E-state index is 0.289. The number of hydrogen-bond donors (Lipinski definition) is 2. The van der Waals surface area contributed by atoms with Gasteiger partial charge in [0.1, 0.15) is 0 Å². The van der Waals surface area contributed by atoms with Gasteiger partial charge < -0.3 is 15.4 Å². The van der Waals surface area contributed by atoms with Crippen molar-refractivity contribution in [3.05, 3.63) is 47.2 Å². The maximum atomic E-state index is 12.6. The Morgan fingerprint density at radius 1 is 1.28 bits per heavy atom. The first-order valence-corrected chi connectivity index (χ1v) is 9.67. The SMILES string of the molecule is CCOC(=O)C1=C(CN2CCSCC2)NC(=O)NC1c1ccccc1. The number of rotatable bonds is 5. The molecular formula is C18H23N3O3S. The number of benzene rings is 1. The van der Waals surface area contributed by atoms with Crippen molar-refractivity contribution >= 4 is 23.8 Å². The Labute approximate surface area is 152 Å². The number of thioether (sulfide) groups is 1. The van der Waals surface area contributed by atoms with Crippen LogP contribution in [-0.2, 0) is 9.53 Å². The average molecular weight is 361 g/mol. The minimum Gasteiger partial charge on any atom is -0.463 e. The monoisotopic (exact) mass is 361 g/mol. The van der Waals surface area contributed by atoms with E-state index in [-0.39, 0.29) is 12.0 Å². The van der Waals surface area contributed by atoms with Crippen molar-refractivity contribution in [2.45, 2.75) is 13.0 Å². The van der Waals surface area contributed by atoms with Crippen molar-refractivity contribution in [3.8, 4) is 0 Å². The third-order valence-corrected chi connectivity index (χ3v) is 5.21. The number of esters is 1. The molecule has 1 fully saturated rings. The Morgan fingerprint density at radius 2 is 2.00 bits per heavy atom. The van der Waals surface area contributed by atoms with Gasteiger partial charge in [0.15, 0.2) is 0 Å². The molecule has 1 aromatic rings. The van der Waals surface area contributed by atoms with E-state index in [1.54, 1.807) is 6.92 Å². The van der Waals surface area contributed by atoms with Crippen molar-refractivity contribution < 1.29 is 14.3 Å². The fourth-order valence-corrected chi connectivity index (χ4v) is 4.05. The highest BCUT2D eigenvalue weighted by molar-refractivity contribution is 7.99. The summed E-state index contributed by atoms with van der Waals surface area (Å²) in [6.07, 6.45) is 0. The zero-order chi connectivity index (χ0) is 17.6. The van der Waals surface area contributed by atoms with Crippen LogP contribution in [0.1, 0.15) is 18.5 Å². The molecule has 1 atom stereocenters. The normalized spacial score (nSPS) is 21.5. The van der Waals surface area contributed by atoms with Gasteiger partial charge in [-0.15, -0.1) is 0 Å². The standard InChI is InChI=1S/C18H23N3O3S/c1-2-24-17(22)15-14(12-21-8-10-25-11-9-21)19-18(23)20-16(15)13-6-4-3-5-7-13/h3-7,16H,2,8-12H2,1H3,(H2,19,20,23). The Hall–Kier alpha value is -1.99. The lowest BCUT2D eigenvalue weighted by molar-refractivity contribution is -0.139. The fourth-order valence-electron chi connectivity index (χ4n) is 3.07. The van der Waals surface area contributed by atoms with E-state index in [2.05, 4.69) is 15.5 Å². The molecule has 0 radical (unpaired) electrons. The number of urea groups is 1. The van der Waals surface area contributed by atoms with Gasteiger partial charge >= 0.3 is 12.0 Å². The van der Waals surface area contributed by atoms with E-state index in [9.17, 15) is 9.59 Å². The molecule has 0 bridgehead atoms. The summed E-state index contributed by atoms with van der Waals surface area (Å²) in [7, 11) is 0. The highest BCUT2D eigenvalue weighted by Gasteiger charge is 2.34. The average Bonchev–Trinajstić information content (AvgIpc) is 2.63. The van der Waals surface area contributed by atoms with E-state index >= 15 is 0 Å². The van der Waals surface area contributed by atoms with Crippen LogP contribution in [0.5, 0.6) is 0 Å². The molecule has 2 aliphatic heterocycles. The first-order valence-electron chi connectivity index (χ1n) is 8.51. The molecule has 1 saturated heterocycles. The summed E-state index contributed by atoms with van der Waals surface area (Å²) in [4.78, 5) is 27.1. The summed E-state index contributed by atoms with van der Waals surface area (Å²) in [5.74, 6) is 1.75. The lowest BCUT2D eigenvalue weighted by atomic mass is 9.95. The number of carbonyl (C=O) groups excluding carboxylic acids is 2. The van der Waals surface area contributed by atoms with E-state index in [0.29, 0.717) is 24.4 Å². The Balaban J connectivity index is 1.96. The second-order valence-corrected chi connectivity index (χ2v) is 7.17. The highest BCUT2D eigenvalue weighted by Crippen LogP contribution is 2.28. The van der Waals surface area contributed by atoms with Crippen molar-refractivity contribution in [2.75, 3.05) is 37.7 Å². The van der Waals surface area contributed by atoms with E-state index in [4.69, 9.17) is 4.74 Å². The maximum absolute atomic E-state index is 12.6. The summed E-state index contributed by atoms with van der Waals surface area (Å²) in [5.41, 5.74) is 2.00. The first kappa shape index (κ1) is 17.8. The van der Waals surface area contributed by atoms with Crippen LogP contribution in [0.4, 0.5) is 4.79 Å². The third-order valence-electron chi connectivity index (χ3n) is 4.27. The highest BCUT2D eigenvalue weighted by atomic mass is 32.2. The molecule has 1 aromatic carbocycles. The molecule has 7 heteroatoms. The first-order chi connectivity index (χ1) is 12.2. The smallest absolute Gasteiger partial charge is 0.338 e. The van der Waals surface area contributed by atoms with Crippen LogP contribution >= 0.6 is 11.8 Å². The van der Waals surface area contributed by atoms with Crippen LogP contribution in [-0.4, -0.2) is 54.6 Å². The fraction of sp³-hybridized carbons (Fsp3) is 0.444. The van der Waals surface area contributed by atoms with Gasteiger partial charge in [-0.2, -0.15) is 11.8 Å².